The Labute approximate surface area is 162 Å². The molecule has 4 rings (SSSR count). The van der Waals surface area contributed by atoms with Crippen LogP contribution in [-0.4, -0.2) is 24.7 Å². The van der Waals surface area contributed by atoms with E-state index in [2.05, 4.69) is 9.98 Å². The van der Waals surface area contributed by atoms with Crippen molar-refractivity contribution in [3.05, 3.63) is 83.4 Å². The predicted molar refractivity (Wildman–Crippen MR) is 106 cm³/mol. The van der Waals surface area contributed by atoms with E-state index in [1.54, 1.807) is 13.3 Å². The van der Waals surface area contributed by atoms with Crippen LogP contribution in [0.4, 0.5) is 4.39 Å². The van der Waals surface area contributed by atoms with Crippen molar-refractivity contribution in [1.29, 1.82) is 0 Å². The molecule has 0 radical (unpaired) electrons. The maximum Gasteiger partial charge on any atom is 0.283 e. The first-order valence-corrected chi connectivity index (χ1v) is 8.86. The number of nitrogens with two attached hydrogens (primary N) is 1. The molecule has 6 heteroatoms. The highest BCUT2D eigenvalue weighted by Gasteiger charge is 2.40. The van der Waals surface area contributed by atoms with E-state index in [1.807, 2.05) is 49.4 Å². The summed E-state index contributed by atoms with van der Waals surface area (Å²) in [5.41, 5.74) is 9.49. The van der Waals surface area contributed by atoms with Gasteiger partial charge in [-0.05, 0) is 53.4 Å². The molecule has 5 nitrogen and oxygen atoms in total. The lowest BCUT2D eigenvalue weighted by Gasteiger charge is -2.26. The molecule has 28 heavy (non-hydrogen) atoms. The molecule has 0 fully saturated rings. The van der Waals surface area contributed by atoms with Gasteiger partial charge in [-0.3, -0.25) is 4.98 Å². The van der Waals surface area contributed by atoms with E-state index >= 15 is 0 Å². The number of methoxy groups -OCH3 is 1. The minimum atomic E-state index is -0.780. The lowest BCUT2D eigenvalue weighted by Crippen LogP contribution is -2.27. The van der Waals surface area contributed by atoms with Crippen molar-refractivity contribution in [3.63, 3.8) is 0 Å². The summed E-state index contributed by atoms with van der Waals surface area (Å²) in [5, 5.41) is 0. The fourth-order valence-corrected chi connectivity index (χ4v) is 3.55. The van der Waals surface area contributed by atoms with Gasteiger partial charge in [0.15, 0.2) is 5.54 Å². The smallest absolute Gasteiger partial charge is 0.283 e. The Morgan fingerprint density at radius 1 is 1.07 bits per heavy atom. The van der Waals surface area contributed by atoms with Crippen molar-refractivity contribution in [2.24, 2.45) is 10.7 Å². The van der Waals surface area contributed by atoms with E-state index in [0.29, 0.717) is 5.56 Å². The zero-order valence-electron chi connectivity index (χ0n) is 15.6. The zero-order chi connectivity index (χ0) is 19.7. The maximum atomic E-state index is 13.6. The van der Waals surface area contributed by atoms with Gasteiger partial charge in [0.1, 0.15) is 18.2 Å². The topological polar surface area (TPSA) is 69.7 Å². The quantitative estimate of drug-likeness (QED) is 0.751. The first-order valence-electron chi connectivity index (χ1n) is 8.86. The first-order chi connectivity index (χ1) is 13.5. The van der Waals surface area contributed by atoms with Gasteiger partial charge < -0.3 is 15.2 Å². The Kier molecular flexibility index (Phi) is 4.47. The van der Waals surface area contributed by atoms with Crippen molar-refractivity contribution in [1.82, 2.24) is 4.98 Å². The third-order valence-corrected chi connectivity index (χ3v) is 4.98. The lowest BCUT2D eigenvalue weighted by molar-refractivity contribution is 0.278. The molecule has 2 N–H and O–H groups in total. The molecule has 2 aromatic carbocycles. The molecule has 2 heterocycles. The Morgan fingerprint density at radius 3 is 2.57 bits per heavy atom. The van der Waals surface area contributed by atoms with Crippen LogP contribution in [0.5, 0.6) is 5.75 Å². The molecule has 1 aromatic heterocycles. The van der Waals surface area contributed by atoms with Crippen molar-refractivity contribution >= 4 is 6.02 Å². The lowest BCUT2D eigenvalue weighted by atomic mass is 9.82. The van der Waals surface area contributed by atoms with Crippen molar-refractivity contribution in [2.45, 2.75) is 12.5 Å². The highest BCUT2D eigenvalue weighted by atomic mass is 19.1. The van der Waals surface area contributed by atoms with Gasteiger partial charge in [0.05, 0.1) is 13.3 Å². The fraction of sp³-hybridized carbons (Fsp3) is 0.182. The molecule has 1 atom stereocenters. The number of ether oxygens (including phenoxy) is 2. The average Bonchev–Trinajstić information content (AvgIpc) is 3.11. The number of benzene rings is 2. The molecule has 0 bridgehead atoms. The second-order valence-electron chi connectivity index (χ2n) is 6.76. The van der Waals surface area contributed by atoms with Gasteiger partial charge >= 0.3 is 0 Å². The highest BCUT2D eigenvalue weighted by Crippen LogP contribution is 2.40. The summed E-state index contributed by atoms with van der Waals surface area (Å²) in [7, 11) is 1.64. The summed E-state index contributed by atoms with van der Waals surface area (Å²) in [6.07, 6.45) is 2.82. The van der Waals surface area contributed by atoms with E-state index < -0.39 is 5.54 Å². The SMILES string of the molecule is COc1ccc(C2(c3cccc(-c4cncc(F)c4)c3)COC(N)=N2)cc1C. The summed E-state index contributed by atoms with van der Waals surface area (Å²) >= 11 is 0. The molecular formula is C22H20FN3O2. The van der Waals surface area contributed by atoms with Crippen LogP contribution in [-0.2, 0) is 10.3 Å². The van der Waals surface area contributed by atoms with E-state index in [4.69, 9.17) is 15.2 Å². The summed E-state index contributed by atoms with van der Waals surface area (Å²) in [4.78, 5) is 8.60. The van der Waals surface area contributed by atoms with Crippen LogP contribution in [0.3, 0.4) is 0 Å². The third kappa shape index (κ3) is 3.07. The van der Waals surface area contributed by atoms with Crippen LogP contribution in [0.1, 0.15) is 16.7 Å². The minimum absolute atomic E-state index is 0.145. The maximum absolute atomic E-state index is 13.6. The second-order valence-corrected chi connectivity index (χ2v) is 6.76. The van der Waals surface area contributed by atoms with Crippen molar-refractivity contribution in [2.75, 3.05) is 13.7 Å². The van der Waals surface area contributed by atoms with Gasteiger partial charge in [0.25, 0.3) is 6.02 Å². The molecule has 0 spiro atoms. The number of halogens is 1. The van der Waals surface area contributed by atoms with Crippen LogP contribution < -0.4 is 10.5 Å². The Hall–Kier alpha value is -3.41. The van der Waals surface area contributed by atoms with Crippen LogP contribution in [0.25, 0.3) is 11.1 Å². The predicted octanol–water partition coefficient (Wildman–Crippen LogP) is 3.79. The monoisotopic (exact) mass is 377 g/mol. The van der Waals surface area contributed by atoms with E-state index in [-0.39, 0.29) is 18.4 Å². The van der Waals surface area contributed by atoms with Gasteiger partial charge in [-0.1, -0.05) is 24.3 Å². The zero-order valence-corrected chi connectivity index (χ0v) is 15.6. The first kappa shape index (κ1) is 18.0. The molecule has 0 saturated heterocycles. The van der Waals surface area contributed by atoms with Crippen molar-refractivity contribution < 1.29 is 13.9 Å². The molecular weight excluding hydrogens is 357 g/mol. The van der Waals surface area contributed by atoms with Gasteiger partial charge in [0.2, 0.25) is 0 Å². The van der Waals surface area contributed by atoms with E-state index in [9.17, 15) is 4.39 Å². The fourth-order valence-electron chi connectivity index (χ4n) is 3.55. The summed E-state index contributed by atoms with van der Waals surface area (Å²) in [5.74, 6) is 0.421. The normalized spacial score (nSPS) is 18.5. The van der Waals surface area contributed by atoms with Crippen LogP contribution in [0, 0.1) is 12.7 Å². The number of aromatic nitrogens is 1. The van der Waals surface area contributed by atoms with Crippen LogP contribution >= 0.6 is 0 Å². The van der Waals surface area contributed by atoms with Crippen LogP contribution in [0.15, 0.2) is 65.9 Å². The van der Waals surface area contributed by atoms with Gasteiger partial charge in [-0.25, -0.2) is 9.38 Å². The molecule has 1 aliphatic rings. The number of amidine groups is 1. The largest absolute Gasteiger partial charge is 0.496 e. The third-order valence-electron chi connectivity index (χ3n) is 4.98. The second kappa shape index (κ2) is 6.96. The Morgan fingerprint density at radius 2 is 1.89 bits per heavy atom. The number of hydrogen-bond acceptors (Lipinski definition) is 5. The minimum Gasteiger partial charge on any atom is -0.496 e. The number of aryl methyl sites for hydroxylation is 1. The number of hydrogen-bond donors (Lipinski definition) is 1. The van der Waals surface area contributed by atoms with Gasteiger partial charge in [-0.15, -0.1) is 0 Å². The molecule has 3 aromatic rings. The summed E-state index contributed by atoms with van der Waals surface area (Å²) in [6, 6.07) is 15.3. The number of aliphatic imine (C=N–C) groups is 1. The Bertz CT molecular complexity index is 1070. The number of pyridine rings is 1. The van der Waals surface area contributed by atoms with Gasteiger partial charge in [-0.2, -0.15) is 0 Å². The van der Waals surface area contributed by atoms with E-state index in [1.165, 1.54) is 12.3 Å². The molecule has 0 aliphatic carbocycles. The van der Waals surface area contributed by atoms with Crippen LogP contribution in [0.2, 0.25) is 0 Å². The highest BCUT2D eigenvalue weighted by molar-refractivity contribution is 5.76. The average molecular weight is 377 g/mol. The Balaban J connectivity index is 1.86. The number of rotatable bonds is 4. The van der Waals surface area contributed by atoms with Crippen molar-refractivity contribution in [3.8, 4) is 16.9 Å². The molecule has 0 saturated carbocycles. The molecule has 1 aliphatic heterocycles. The van der Waals surface area contributed by atoms with Gasteiger partial charge in [0, 0.05) is 11.8 Å². The molecule has 1 unspecified atom stereocenters. The summed E-state index contributed by atoms with van der Waals surface area (Å²) < 4.78 is 24.6. The standard InChI is InChI=1S/C22H20FN3O2/c1-14-8-18(6-7-20(14)27-2)22(13-28-21(24)26-22)17-5-3-4-15(9-17)16-10-19(23)12-25-11-16/h3-12H,13H2,1-2H3,(H2,24,26). The number of nitrogens with zero attached hydrogens (tertiary/aromatic N) is 2. The van der Waals surface area contributed by atoms with E-state index in [0.717, 1.165) is 28.0 Å². The molecule has 0 amide bonds. The summed E-state index contributed by atoms with van der Waals surface area (Å²) in [6.45, 7) is 2.27. The molecule has 142 valence electrons.